The topological polar surface area (TPSA) is 95.4 Å². The summed E-state index contributed by atoms with van der Waals surface area (Å²) < 4.78 is 0. The van der Waals surface area contributed by atoms with Gasteiger partial charge < -0.3 is 15.3 Å². The number of hydrogen-bond acceptors (Lipinski definition) is 5. The van der Waals surface area contributed by atoms with Crippen molar-refractivity contribution in [2.24, 2.45) is 0 Å². The summed E-state index contributed by atoms with van der Waals surface area (Å²) in [6, 6.07) is 28.2. The summed E-state index contributed by atoms with van der Waals surface area (Å²) >= 11 is 12.4. The molecule has 1 aromatic heterocycles. The fourth-order valence-electron chi connectivity index (χ4n) is 5.61. The minimum Gasteiger partial charge on any atom is -0.478 e. The van der Waals surface area contributed by atoms with Crippen molar-refractivity contribution in [1.82, 2.24) is 14.9 Å². The molecule has 7 nitrogen and oxygen atoms in total. The molecule has 6 rings (SSSR count). The molecule has 4 aromatic carbocycles. The number of nitrogens with one attached hydrogen (secondary N) is 1. The van der Waals surface area contributed by atoms with Crippen molar-refractivity contribution >= 4 is 51.8 Å². The van der Waals surface area contributed by atoms with Crippen LogP contribution in [-0.4, -0.2) is 51.0 Å². The number of halogens is 2. The highest BCUT2D eigenvalue weighted by atomic mass is 35.5. The average molecular weight is 612 g/mol. The van der Waals surface area contributed by atoms with Crippen molar-refractivity contribution in [3.05, 3.63) is 135 Å². The fraction of sp³-hybridized carbons (Fsp3) is 0.176. The van der Waals surface area contributed by atoms with Crippen molar-refractivity contribution < 1.29 is 14.7 Å². The Morgan fingerprint density at radius 3 is 1.91 bits per heavy atom. The van der Waals surface area contributed by atoms with Gasteiger partial charge in [0.1, 0.15) is 12.1 Å². The maximum atomic E-state index is 13.0. The van der Waals surface area contributed by atoms with Crippen molar-refractivity contribution in [2.75, 3.05) is 18.4 Å². The molecule has 0 spiro atoms. The first-order valence-corrected chi connectivity index (χ1v) is 14.8. The normalized spacial score (nSPS) is 13.8. The van der Waals surface area contributed by atoms with Crippen LogP contribution in [0.5, 0.6) is 0 Å². The third-order valence-corrected chi connectivity index (χ3v) is 8.41. The number of carboxylic acid groups (broad SMARTS) is 1. The zero-order valence-corrected chi connectivity index (χ0v) is 24.6. The summed E-state index contributed by atoms with van der Waals surface area (Å²) in [5.41, 5.74) is 4.78. The molecule has 2 N–H and O–H groups in total. The summed E-state index contributed by atoms with van der Waals surface area (Å²) in [6.07, 6.45) is 3.07. The van der Waals surface area contributed by atoms with E-state index in [0.29, 0.717) is 28.7 Å². The van der Waals surface area contributed by atoms with E-state index in [1.54, 1.807) is 18.5 Å². The maximum Gasteiger partial charge on any atom is 0.335 e. The lowest BCUT2D eigenvalue weighted by Crippen LogP contribution is -2.42. The number of fused-ring (bicyclic) bond motifs is 1. The van der Waals surface area contributed by atoms with Gasteiger partial charge in [-0.15, -0.1) is 0 Å². The molecule has 1 amide bonds. The lowest BCUT2D eigenvalue weighted by atomic mass is 9.84. The summed E-state index contributed by atoms with van der Waals surface area (Å²) in [5, 5.41) is 15.0. The van der Waals surface area contributed by atoms with E-state index < -0.39 is 5.97 Å². The molecule has 0 atom stereocenters. The van der Waals surface area contributed by atoms with Crippen LogP contribution in [0.25, 0.3) is 10.9 Å². The predicted octanol–water partition coefficient (Wildman–Crippen LogP) is 7.53. The number of likely N-dealkylation sites (tertiary alicyclic amines) is 1. The van der Waals surface area contributed by atoms with Crippen molar-refractivity contribution in [3.63, 3.8) is 0 Å². The number of hydrogen-bond donors (Lipinski definition) is 2. The average Bonchev–Trinajstić information content (AvgIpc) is 3.03. The molecule has 0 aliphatic carbocycles. The van der Waals surface area contributed by atoms with Gasteiger partial charge in [0.05, 0.1) is 11.1 Å². The van der Waals surface area contributed by atoms with Crippen LogP contribution in [0.1, 0.15) is 56.2 Å². The molecule has 2 heterocycles. The van der Waals surface area contributed by atoms with Gasteiger partial charge in [-0.3, -0.25) is 4.79 Å². The van der Waals surface area contributed by atoms with Crippen LogP contribution in [0.15, 0.2) is 97.3 Å². The van der Waals surface area contributed by atoms with Gasteiger partial charge in [0.15, 0.2) is 0 Å². The molecule has 1 aliphatic rings. The Morgan fingerprint density at radius 2 is 1.33 bits per heavy atom. The van der Waals surface area contributed by atoms with Gasteiger partial charge in [-0.25, -0.2) is 14.8 Å². The Balaban J connectivity index is 1.22. The first-order valence-electron chi connectivity index (χ1n) is 14.0. The lowest BCUT2D eigenvalue weighted by Gasteiger charge is -2.33. The van der Waals surface area contributed by atoms with E-state index in [1.165, 1.54) is 12.1 Å². The van der Waals surface area contributed by atoms with E-state index in [9.17, 15) is 9.59 Å². The Morgan fingerprint density at radius 1 is 0.767 bits per heavy atom. The van der Waals surface area contributed by atoms with Crippen molar-refractivity contribution in [1.29, 1.82) is 0 Å². The Bertz CT molecular complexity index is 1720. The summed E-state index contributed by atoms with van der Waals surface area (Å²) in [4.78, 5) is 35.1. The second-order valence-electron chi connectivity index (χ2n) is 10.6. The minimum atomic E-state index is -1.01. The van der Waals surface area contributed by atoms with Crippen molar-refractivity contribution in [2.45, 2.75) is 24.8 Å². The van der Waals surface area contributed by atoms with Gasteiger partial charge in [0, 0.05) is 46.0 Å². The second-order valence-corrected chi connectivity index (χ2v) is 11.5. The molecule has 216 valence electrons. The standard InChI is InChI=1S/C34H28Cl2N4O3/c35-26-10-5-21(6-11-26)31(22-7-12-27(36)13-8-22)25-9-14-30-29(19-25)32(38-20-37-30)39-28-15-17-40(18-16-28)33(41)23-1-3-24(4-2-23)34(42)43/h1-14,19-20,28,31H,15-18H2,(H,42,43)(H,37,38,39). The third-order valence-electron chi connectivity index (χ3n) is 7.90. The predicted molar refractivity (Wildman–Crippen MR) is 169 cm³/mol. The van der Waals surface area contributed by atoms with Crippen LogP contribution >= 0.6 is 23.2 Å². The molecule has 5 aromatic rings. The summed E-state index contributed by atoms with van der Waals surface area (Å²) in [6.45, 7) is 1.17. The van der Waals surface area contributed by atoms with Gasteiger partial charge in [-0.1, -0.05) is 53.5 Å². The highest BCUT2D eigenvalue weighted by Gasteiger charge is 2.25. The summed E-state index contributed by atoms with van der Waals surface area (Å²) in [5.74, 6) is -0.402. The number of aromatic nitrogens is 2. The number of carbonyl (C=O) groups is 2. The number of amides is 1. The van der Waals surface area contributed by atoms with E-state index in [2.05, 4.69) is 27.4 Å². The molecule has 9 heteroatoms. The molecule has 1 fully saturated rings. The lowest BCUT2D eigenvalue weighted by molar-refractivity contribution is 0.0690. The van der Waals surface area contributed by atoms with E-state index in [-0.39, 0.29) is 23.4 Å². The van der Waals surface area contributed by atoms with Gasteiger partial charge in [0.25, 0.3) is 5.91 Å². The smallest absolute Gasteiger partial charge is 0.335 e. The number of rotatable bonds is 7. The van der Waals surface area contributed by atoms with E-state index >= 15 is 0 Å². The van der Waals surface area contributed by atoms with Gasteiger partial charge >= 0.3 is 5.97 Å². The molecule has 0 saturated carbocycles. The Hall–Kier alpha value is -4.46. The number of piperidine rings is 1. The second kappa shape index (κ2) is 12.4. The molecular weight excluding hydrogens is 583 g/mol. The van der Waals surface area contributed by atoms with Gasteiger partial charge in [-0.2, -0.15) is 0 Å². The van der Waals surface area contributed by atoms with E-state index in [1.807, 2.05) is 59.5 Å². The zero-order valence-electron chi connectivity index (χ0n) is 23.1. The van der Waals surface area contributed by atoms with Crippen LogP contribution in [0, 0.1) is 0 Å². The quantitative estimate of drug-likeness (QED) is 0.185. The highest BCUT2D eigenvalue weighted by molar-refractivity contribution is 6.30. The summed E-state index contributed by atoms with van der Waals surface area (Å²) in [7, 11) is 0. The highest BCUT2D eigenvalue weighted by Crippen LogP contribution is 2.35. The maximum absolute atomic E-state index is 13.0. The number of nitrogens with zero attached hydrogens (tertiary/aromatic N) is 3. The van der Waals surface area contributed by atoms with Crippen molar-refractivity contribution in [3.8, 4) is 0 Å². The van der Waals surface area contributed by atoms with Crippen LogP contribution in [0.2, 0.25) is 10.0 Å². The first kappa shape index (κ1) is 28.6. The molecule has 43 heavy (non-hydrogen) atoms. The van der Waals surface area contributed by atoms with Crippen LogP contribution in [0.4, 0.5) is 5.82 Å². The molecule has 0 unspecified atom stereocenters. The third kappa shape index (κ3) is 6.33. The van der Waals surface area contributed by atoms with E-state index in [4.69, 9.17) is 28.3 Å². The monoisotopic (exact) mass is 610 g/mol. The molecule has 1 aliphatic heterocycles. The van der Waals surface area contributed by atoms with Crippen LogP contribution < -0.4 is 5.32 Å². The molecule has 0 radical (unpaired) electrons. The fourth-order valence-corrected chi connectivity index (χ4v) is 5.87. The first-order chi connectivity index (χ1) is 20.9. The largest absolute Gasteiger partial charge is 0.478 e. The van der Waals surface area contributed by atoms with Gasteiger partial charge in [0.2, 0.25) is 0 Å². The van der Waals surface area contributed by atoms with E-state index in [0.717, 1.165) is 46.3 Å². The molecule has 0 bridgehead atoms. The van der Waals surface area contributed by atoms with Crippen LogP contribution in [-0.2, 0) is 0 Å². The van der Waals surface area contributed by atoms with Crippen LogP contribution in [0.3, 0.4) is 0 Å². The number of carbonyl (C=O) groups excluding carboxylic acids is 1. The number of benzene rings is 4. The minimum absolute atomic E-state index is 0.0502. The number of aromatic carboxylic acids is 1. The molecule has 1 saturated heterocycles. The Labute approximate surface area is 259 Å². The zero-order chi connectivity index (χ0) is 29.9. The number of anilines is 1. The van der Waals surface area contributed by atoms with Gasteiger partial charge in [-0.05, 0) is 90.2 Å². The Kier molecular flexibility index (Phi) is 8.27. The number of carboxylic acids is 1. The SMILES string of the molecule is O=C(O)c1ccc(C(=O)N2CCC(Nc3ncnc4ccc(C(c5ccc(Cl)cc5)c5ccc(Cl)cc5)cc34)CC2)cc1. The molecular formula is C34H28Cl2N4O3.